The Hall–Kier alpha value is -1.08. The zero-order valence-corrected chi connectivity index (χ0v) is 9.80. The third-order valence-corrected chi connectivity index (χ3v) is 3.21. The van der Waals surface area contributed by atoms with Crippen molar-refractivity contribution in [3.05, 3.63) is 41.0 Å². The molecule has 1 N–H and O–H groups in total. The van der Waals surface area contributed by atoms with E-state index in [-0.39, 0.29) is 0 Å². The largest absolute Gasteiger partial charge is 0.310 e. The van der Waals surface area contributed by atoms with Crippen molar-refractivity contribution < 1.29 is 0 Å². The van der Waals surface area contributed by atoms with Crippen LogP contribution in [0.1, 0.15) is 31.4 Å². The molecule has 1 aromatic carbocycles. The second-order valence-electron chi connectivity index (χ2n) is 4.56. The molecule has 2 rings (SSSR count). The van der Waals surface area contributed by atoms with Gasteiger partial charge in [0.15, 0.2) is 0 Å². The fraction of sp³-hybridized carbons (Fsp3) is 0.429. The van der Waals surface area contributed by atoms with Gasteiger partial charge in [-0.25, -0.2) is 0 Å². The summed E-state index contributed by atoms with van der Waals surface area (Å²) in [6, 6.07) is 9.28. The van der Waals surface area contributed by atoms with Gasteiger partial charge in [0.25, 0.3) is 0 Å². The molecule has 15 heavy (non-hydrogen) atoms. The van der Waals surface area contributed by atoms with Crippen LogP contribution in [0.3, 0.4) is 0 Å². The van der Waals surface area contributed by atoms with Crippen LogP contribution < -0.4 is 5.32 Å². The predicted octanol–water partition coefficient (Wildman–Crippen LogP) is 3.15. The first-order chi connectivity index (χ1) is 7.18. The van der Waals surface area contributed by atoms with E-state index in [2.05, 4.69) is 50.4 Å². The molecule has 1 nitrogen and oxygen atoms in total. The number of rotatable bonds is 1. The number of hydrogen-bond acceptors (Lipinski definition) is 1. The Morgan fingerprint density at radius 2 is 1.93 bits per heavy atom. The minimum Gasteiger partial charge on any atom is -0.310 e. The van der Waals surface area contributed by atoms with Gasteiger partial charge in [0.2, 0.25) is 0 Å². The van der Waals surface area contributed by atoms with Gasteiger partial charge in [0.05, 0.1) is 0 Å². The molecule has 80 valence electrons. The molecule has 0 aromatic heterocycles. The second kappa shape index (κ2) is 4.19. The van der Waals surface area contributed by atoms with Crippen LogP contribution in [-0.4, -0.2) is 12.6 Å². The Kier molecular flexibility index (Phi) is 2.92. The number of aryl methyl sites for hydroxylation is 1. The van der Waals surface area contributed by atoms with Crippen molar-refractivity contribution in [3.8, 4) is 0 Å². The Morgan fingerprint density at radius 1 is 1.20 bits per heavy atom. The summed E-state index contributed by atoms with van der Waals surface area (Å²) in [5, 5.41) is 3.49. The molecule has 0 saturated carbocycles. The van der Waals surface area contributed by atoms with E-state index in [1.807, 2.05) is 0 Å². The monoisotopic (exact) mass is 201 g/mol. The lowest BCUT2D eigenvalue weighted by atomic mass is 9.89. The highest BCUT2D eigenvalue weighted by Crippen LogP contribution is 2.28. The van der Waals surface area contributed by atoms with Crippen molar-refractivity contribution >= 4 is 5.57 Å². The summed E-state index contributed by atoms with van der Waals surface area (Å²) in [7, 11) is 0. The smallest absolute Gasteiger partial charge is 0.0170 e. The predicted molar refractivity (Wildman–Crippen MR) is 65.9 cm³/mol. The highest BCUT2D eigenvalue weighted by Gasteiger charge is 2.16. The van der Waals surface area contributed by atoms with Gasteiger partial charge in [-0.05, 0) is 43.9 Å². The van der Waals surface area contributed by atoms with Gasteiger partial charge in [0.1, 0.15) is 0 Å². The van der Waals surface area contributed by atoms with E-state index in [1.54, 1.807) is 5.57 Å². The molecule has 0 saturated heterocycles. The molecule has 1 heterocycles. The lowest BCUT2D eigenvalue weighted by Gasteiger charge is -2.25. The fourth-order valence-corrected chi connectivity index (χ4v) is 2.24. The van der Waals surface area contributed by atoms with Gasteiger partial charge in [-0.15, -0.1) is 0 Å². The number of benzene rings is 1. The van der Waals surface area contributed by atoms with Gasteiger partial charge in [-0.2, -0.15) is 0 Å². The van der Waals surface area contributed by atoms with Crippen LogP contribution in [-0.2, 0) is 0 Å². The SMILES string of the molecule is CC1=C(c2ccccc2C)C[C@@H](C)NC1. The first-order valence-corrected chi connectivity index (χ1v) is 5.66. The zero-order chi connectivity index (χ0) is 10.8. The van der Waals surface area contributed by atoms with E-state index >= 15 is 0 Å². The molecule has 0 spiro atoms. The first-order valence-electron chi connectivity index (χ1n) is 5.66. The van der Waals surface area contributed by atoms with Crippen LogP contribution in [0, 0.1) is 6.92 Å². The maximum Gasteiger partial charge on any atom is 0.0170 e. The van der Waals surface area contributed by atoms with Crippen molar-refractivity contribution in [2.75, 3.05) is 6.54 Å². The van der Waals surface area contributed by atoms with Gasteiger partial charge in [-0.1, -0.05) is 29.8 Å². The molecular formula is C14H19N. The van der Waals surface area contributed by atoms with Crippen molar-refractivity contribution in [2.45, 2.75) is 33.2 Å². The third kappa shape index (κ3) is 2.13. The summed E-state index contributed by atoms with van der Waals surface area (Å²) in [4.78, 5) is 0. The minimum absolute atomic E-state index is 0.600. The zero-order valence-electron chi connectivity index (χ0n) is 9.80. The molecule has 0 aliphatic carbocycles. The van der Waals surface area contributed by atoms with Crippen LogP contribution >= 0.6 is 0 Å². The average Bonchev–Trinajstić information content (AvgIpc) is 2.23. The molecule has 1 aromatic rings. The summed E-state index contributed by atoms with van der Waals surface area (Å²) in [6.07, 6.45) is 1.15. The van der Waals surface area contributed by atoms with E-state index in [4.69, 9.17) is 0 Å². The highest BCUT2D eigenvalue weighted by molar-refractivity contribution is 5.72. The summed E-state index contributed by atoms with van der Waals surface area (Å²) < 4.78 is 0. The lowest BCUT2D eigenvalue weighted by molar-refractivity contribution is 0.565. The summed E-state index contributed by atoms with van der Waals surface area (Å²) >= 11 is 0. The molecule has 0 radical (unpaired) electrons. The molecule has 1 atom stereocenters. The van der Waals surface area contributed by atoms with Gasteiger partial charge in [-0.3, -0.25) is 0 Å². The fourth-order valence-electron chi connectivity index (χ4n) is 2.24. The van der Waals surface area contributed by atoms with E-state index in [0.29, 0.717) is 6.04 Å². The van der Waals surface area contributed by atoms with Crippen molar-refractivity contribution in [1.29, 1.82) is 0 Å². The number of nitrogens with one attached hydrogen (secondary N) is 1. The van der Waals surface area contributed by atoms with Gasteiger partial charge in [0, 0.05) is 12.6 Å². The quantitative estimate of drug-likeness (QED) is 0.736. The van der Waals surface area contributed by atoms with E-state index in [1.165, 1.54) is 16.7 Å². The topological polar surface area (TPSA) is 12.0 Å². The van der Waals surface area contributed by atoms with Crippen LogP contribution in [0.25, 0.3) is 5.57 Å². The minimum atomic E-state index is 0.600. The van der Waals surface area contributed by atoms with Crippen LogP contribution in [0.5, 0.6) is 0 Å². The summed E-state index contributed by atoms with van der Waals surface area (Å²) in [5.74, 6) is 0. The van der Waals surface area contributed by atoms with Crippen molar-refractivity contribution in [2.24, 2.45) is 0 Å². The molecule has 1 aliphatic rings. The summed E-state index contributed by atoms with van der Waals surface area (Å²) in [5.41, 5.74) is 5.85. The Bertz CT molecular complexity index is 390. The van der Waals surface area contributed by atoms with E-state index in [9.17, 15) is 0 Å². The lowest BCUT2D eigenvalue weighted by Crippen LogP contribution is -2.32. The Balaban J connectivity index is 2.42. The molecule has 0 fully saturated rings. The van der Waals surface area contributed by atoms with Crippen molar-refractivity contribution in [3.63, 3.8) is 0 Å². The molecular weight excluding hydrogens is 182 g/mol. The van der Waals surface area contributed by atoms with Crippen LogP contribution in [0.2, 0.25) is 0 Å². The van der Waals surface area contributed by atoms with Crippen LogP contribution in [0.15, 0.2) is 29.8 Å². The van der Waals surface area contributed by atoms with E-state index < -0.39 is 0 Å². The van der Waals surface area contributed by atoms with Crippen molar-refractivity contribution in [1.82, 2.24) is 5.32 Å². The Morgan fingerprint density at radius 3 is 2.67 bits per heavy atom. The standard InChI is InChI=1S/C14H19N/c1-10-6-4-5-7-13(10)14-8-12(3)15-9-11(14)2/h4-7,12,15H,8-9H2,1-3H3/t12-/m1/s1. The molecule has 1 heteroatoms. The number of hydrogen-bond donors (Lipinski definition) is 1. The molecule has 0 unspecified atom stereocenters. The second-order valence-corrected chi connectivity index (χ2v) is 4.56. The maximum absolute atomic E-state index is 3.49. The maximum atomic E-state index is 3.49. The highest BCUT2D eigenvalue weighted by atomic mass is 14.9. The van der Waals surface area contributed by atoms with Gasteiger partial charge >= 0.3 is 0 Å². The Labute approximate surface area is 92.2 Å². The normalized spacial score (nSPS) is 21.9. The van der Waals surface area contributed by atoms with E-state index in [0.717, 1.165) is 13.0 Å². The van der Waals surface area contributed by atoms with Crippen LogP contribution in [0.4, 0.5) is 0 Å². The molecule has 0 amide bonds. The average molecular weight is 201 g/mol. The molecule has 0 bridgehead atoms. The molecule has 1 aliphatic heterocycles. The summed E-state index contributed by atoms with van der Waals surface area (Å²) in [6.45, 7) is 7.72. The third-order valence-electron chi connectivity index (χ3n) is 3.21. The van der Waals surface area contributed by atoms with Gasteiger partial charge < -0.3 is 5.32 Å². The first kappa shape index (κ1) is 10.4.